The number of hydrogen-bond donors (Lipinski definition) is 6. The first-order valence-electron chi connectivity index (χ1n) is 16.9. The molecule has 10 atom stereocenters. The number of aliphatic hydroxyl groups excluding tert-OH is 6. The Morgan fingerprint density at radius 3 is 1.24 bits per heavy atom. The van der Waals surface area contributed by atoms with Gasteiger partial charge in [-0.1, -0.05) is 84.0 Å². The zero-order valence-electron chi connectivity index (χ0n) is 29.8. The Kier molecular flexibility index (Phi) is 27.8. The van der Waals surface area contributed by atoms with Crippen molar-refractivity contribution in [1.29, 1.82) is 0 Å². The first kappa shape index (κ1) is 52.3. The van der Waals surface area contributed by atoms with Crippen LogP contribution in [-0.4, -0.2) is 144 Å². The van der Waals surface area contributed by atoms with E-state index in [0.29, 0.717) is 12.8 Å². The fraction of sp³-hybridized carbons (Fsp3) is 1.00. The first-order valence-corrected chi connectivity index (χ1v) is 19.5. The molecule has 51 heavy (non-hydrogen) atoms. The van der Waals surface area contributed by atoms with Crippen LogP contribution in [0.4, 0.5) is 0 Å². The molecule has 0 spiro atoms. The summed E-state index contributed by atoms with van der Waals surface area (Å²) in [7, 11) is -10.8. The minimum Gasteiger partial charge on any atom is -0.726 e. The summed E-state index contributed by atoms with van der Waals surface area (Å²) in [6.45, 7) is -0.00347. The molecule has 0 bridgehead atoms. The van der Waals surface area contributed by atoms with Gasteiger partial charge in [0, 0.05) is 5.92 Å². The molecule has 0 radical (unpaired) electrons. The molecule has 22 heteroatoms. The van der Waals surface area contributed by atoms with E-state index in [1.54, 1.807) is 0 Å². The Morgan fingerprint density at radius 1 is 0.588 bits per heavy atom. The second-order valence-corrected chi connectivity index (χ2v) is 14.6. The number of rotatable bonds is 25. The van der Waals surface area contributed by atoms with Gasteiger partial charge in [0.15, 0.2) is 12.6 Å². The SMILES string of the molecule is CCCCCCCCCCCCCCC(CO[C@@H]1O[C@H](CO)[C@H](O)[C@H](OS(=O)(=O)[O-])[C@H]1O)CO[C@@H]1O[C@H](CO)[C@H](O)[C@H](OS(=O)(=O)[O-])[C@H]1O.[Na+].[Na+]. The van der Waals surface area contributed by atoms with Gasteiger partial charge in [0.25, 0.3) is 0 Å². The van der Waals surface area contributed by atoms with Crippen LogP contribution in [0.2, 0.25) is 0 Å². The van der Waals surface area contributed by atoms with Crippen molar-refractivity contribution in [2.75, 3.05) is 26.4 Å². The van der Waals surface area contributed by atoms with Crippen LogP contribution in [0.15, 0.2) is 0 Å². The molecular formula is C29H54Na2O18S2. The summed E-state index contributed by atoms with van der Waals surface area (Å²) in [6, 6.07) is 0. The Morgan fingerprint density at radius 2 is 0.922 bits per heavy atom. The molecule has 292 valence electrons. The topological polar surface area (TPSA) is 291 Å². The van der Waals surface area contributed by atoms with E-state index in [-0.39, 0.29) is 72.3 Å². The molecule has 0 unspecified atom stereocenters. The minimum atomic E-state index is -5.38. The van der Waals surface area contributed by atoms with Gasteiger partial charge in [-0.15, -0.1) is 0 Å². The molecule has 2 rings (SSSR count). The minimum absolute atomic E-state index is 0. The van der Waals surface area contributed by atoms with Crippen molar-refractivity contribution in [3.05, 3.63) is 0 Å². The summed E-state index contributed by atoms with van der Waals surface area (Å²) < 4.78 is 97.8. The predicted molar refractivity (Wildman–Crippen MR) is 166 cm³/mol. The molecule has 0 saturated carbocycles. The quantitative estimate of drug-likeness (QED) is 0.0217. The van der Waals surface area contributed by atoms with Crippen LogP contribution in [0.3, 0.4) is 0 Å². The maximum atomic E-state index is 11.2. The van der Waals surface area contributed by atoms with E-state index in [9.17, 15) is 56.6 Å². The van der Waals surface area contributed by atoms with E-state index in [2.05, 4.69) is 15.3 Å². The Balaban J connectivity index is 0.0000125. The van der Waals surface area contributed by atoms with Crippen LogP contribution in [0.25, 0.3) is 0 Å². The van der Waals surface area contributed by atoms with E-state index in [1.165, 1.54) is 38.5 Å². The van der Waals surface area contributed by atoms with Crippen molar-refractivity contribution in [3.63, 3.8) is 0 Å². The summed E-state index contributed by atoms with van der Waals surface area (Å²) in [5.41, 5.74) is 0. The Hall–Kier alpha value is 1.34. The summed E-state index contributed by atoms with van der Waals surface area (Å²) in [4.78, 5) is 0. The third-order valence-corrected chi connectivity index (χ3v) is 9.48. The van der Waals surface area contributed by atoms with Crippen molar-refractivity contribution < 1.29 is 143 Å². The zero-order chi connectivity index (χ0) is 36.6. The molecule has 0 aliphatic carbocycles. The number of hydrogen-bond acceptors (Lipinski definition) is 18. The Labute approximate surface area is 345 Å². The summed E-state index contributed by atoms with van der Waals surface area (Å²) in [5.74, 6) is -0.557. The van der Waals surface area contributed by atoms with E-state index in [1.807, 2.05) is 0 Å². The number of ether oxygens (including phenoxy) is 4. The second kappa shape index (κ2) is 27.1. The van der Waals surface area contributed by atoms with E-state index in [0.717, 1.165) is 32.1 Å². The van der Waals surface area contributed by atoms with E-state index < -0.39 is 101 Å². The maximum absolute atomic E-state index is 11.2. The number of aliphatic hydroxyl groups is 6. The Bertz CT molecular complexity index is 1050. The fourth-order valence-electron chi connectivity index (χ4n) is 5.83. The molecule has 0 aromatic rings. The van der Waals surface area contributed by atoms with Crippen LogP contribution in [-0.2, 0) is 48.1 Å². The van der Waals surface area contributed by atoms with Crippen LogP contribution in [0, 0.1) is 5.92 Å². The van der Waals surface area contributed by atoms with Crippen molar-refractivity contribution in [2.45, 2.75) is 152 Å². The van der Waals surface area contributed by atoms with Crippen LogP contribution < -0.4 is 59.1 Å². The van der Waals surface area contributed by atoms with E-state index >= 15 is 0 Å². The summed E-state index contributed by atoms with van der Waals surface area (Å²) >= 11 is 0. The van der Waals surface area contributed by atoms with Gasteiger partial charge >= 0.3 is 59.1 Å². The van der Waals surface area contributed by atoms with E-state index in [4.69, 9.17) is 18.9 Å². The van der Waals surface area contributed by atoms with Crippen LogP contribution in [0.1, 0.15) is 90.4 Å². The average molecular weight is 801 g/mol. The molecule has 2 saturated heterocycles. The molecule has 2 aliphatic rings. The van der Waals surface area contributed by atoms with Crippen LogP contribution in [0.5, 0.6) is 0 Å². The van der Waals surface area contributed by atoms with Gasteiger partial charge in [-0.05, 0) is 6.42 Å². The molecule has 0 aromatic heterocycles. The van der Waals surface area contributed by atoms with Gasteiger partial charge in [0.2, 0.25) is 20.8 Å². The molecule has 18 nitrogen and oxygen atoms in total. The predicted octanol–water partition coefficient (Wildman–Crippen LogP) is -6.70. The van der Waals surface area contributed by atoms with Crippen molar-refractivity contribution >= 4 is 20.8 Å². The van der Waals surface area contributed by atoms with Gasteiger partial charge < -0.3 is 58.7 Å². The monoisotopic (exact) mass is 800 g/mol. The normalized spacial score (nSPS) is 30.2. The molecule has 0 aromatic carbocycles. The van der Waals surface area contributed by atoms with Gasteiger partial charge in [0.1, 0.15) is 48.8 Å². The largest absolute Gasteiger partial charge is 1.00 e. The third kappa shape index (κ3) is 19.9. The average Bonchev–Trinajstić information content (AvgIpc) is 3.03. The van der Waals surface area contributed by atoms with Crippen molar-refractivity contribution in [3.8, 4) is 0 Å². The molecule has 2 fully saturated rings. The standard InChI is InChI=1S/C29H56O18S2.2Na/c1-2-3-4-5-6-7-8-9-10-11-12-13-14-19(17-42-28-24(34)26(46-48(36,37)38)22(32)20(15-30)44-28)18-43-29-25(35)27(47-49(39,40)41)23(33)21(16-31)45-29;;/h19-35H,2-18H2,1H3,(H,36,37,38)(H,39,40,41);;/q;2*+1/p-2/t20-,21-,22+,23+,24-,25-,26+,27+,28-,29-;;/m1../s1. The molecule has 2 heterocycles. The molecular weight excluding hydrogens is 746 g/mol. The smallest absolute Gasteiger partial charge is 0.726 e. The summed E-state index contributed by atoms with van der Waals surface area (Å²) in [6.07, 6.45) is -4.39. The molecule has 6 N–H and O–H groups in total. The van der Waals surface area contributed by atoms with Gasteiger partial charge in [-0.2, -0.15) is 0 Å². The van der Waals surface area contributed by atoms with Crippen LogP contribution >= 0.6 is 0 Å². The first-order chi connectivity index (χ1) is 23.1. The summed E-state index contributed by atoms with van der Waals surface area (Å²) in [5, 5.41) is 60.9. The van der Waals surface area contributed by atoms with Gasteiger partial charge in [-0.25, -0.2) is 16.8 Å². The van der Waals surface area contributed by atoms with Gasteiger partial charge in [0.05, 0.1) is 26.4 Å². The molecule has 2 aliphatic heterocycles. The van der Waals surface area contributed by atoms with Crippen molar-refractivity contribution in [2.24, 2.45) is 5.92 Å². The maximum Gasteiger partial charge on any atom is 1.00 e. The molecule has 0 amide bonds. The second-order valence-electron chi connectivity index (χ2n) is 12.6. The fourth-order valence-corrected chi connectivity index (χ4v) is 6.83. The van der Waals surface area contributed by atoms with Crippen molar-refractivity contribution in [1.82, 2.24) is 0 Å². The van der Waals surface area contributed by atoms with Gasteiger partial charge in [-0.3, -0.25) is 8.37 Å². The zero-order valence-corrected chi connectivity index (χ0v) is 35.4. The third-order valence-electron chi connectivity index (χ3n) is 8.56. The number of unbranched alkanes of at least 4 members (excludes halogenated alkanes) is 11.